The molecule has 0 bridgehead atoms. The van der Waals surface area contributed by atoms with E-state index in [1.54, 1.807) is 0 Å². The van der Waals surface area contributed by atoms with Crippen LogP contribution >= 0.6 is 0 Å². The number of hydrogen-bond donors (Lipinski definition) is 0. The summed E-state index contributed by atoms with van der Waals surface area (Å²) in [5, 5.41) is 0. The van der Waals surface area contributed by atoms with Crippen LogP contribution < -0.4 is 0 Å². The van der Waals surface area contributed by atoms with Gasteiger partial charge in [-0.15, -0.1) is 0 Å². The van der Waals surface area contributed by atoms with Gasteiger partial charge in [0.15, 0.2) is 0 Å². The molecule has 5 heavy (non-hydrogen) atoms. The number of carbonyl (C=O) groups is 1. The Kier molecular flexibility index (Phi) is 16.7. The molecule has 2 nitrogen and oxygen atoms in total. The first-order valence-electron chi connectivity index (χ1n) is 0.880. The van der Waals surface area contributed by atoms with Gasteiger partial charge in [0, 0.05) is 0 Å². The van der Waals surface area contributed by atoms with Crippen molar-refractivity contribution in [3.05, 3.63) is 0 Å². The minimum absolute atomic E-state index is 0. The molecule has 0 rings (SSSR count). The maximum absolute atomic E-state index is 8.99. The molecule has 0 aliphatic heterocycles. The van der Waals surface area contributed by atoms with Crippen LogP contribution in [0.4, 0.5) is 0 Å². The Morgan fingerprint density at radius 3 is 2.00 bits per heavy atom. The van der Waals surface area contributed by atoms with Crippen molar-refractivity contribution in [2.75, 3.05) is 0 Å². The molecule has 0 heterocycles. The van der Waals surface area contributed by atoms with Gasteiger partial charge >= 0.3 is 46.2 Å². The minimum atomic E-state index is 0. The van der Waals surface area contributed by atoms with Crippen LogP contribution in [0.2, 0.25) is 0 Å². The van der Waals surface area contributed by atoms with Gasteiger partial charge in [0.25, 0.3) is 6.47 Å². The van der Waals surface area contributed by atoms with E-state index in [2.05, 4.69) is 3.79 Å². The number of carbonyl (C=O) groups excluding carboxylic acids is 1. The summed E-state index contributed by atoms with van der Waals surface area (Å²) in [7, 11) is 0. The molecule has 0 aromatic rings. The Hall–Kier alpha value is 1.00. The number of rotatable bonds is 1. The van der Waals surface area contributed by atoms with Crippen LogP contribution in [0, 0.1) is 0 Å². The van der Waals surface area contributed by atoms with E-state index in [0.717, 1.165) is 0 Å². The van der Waals surface area contributed by atoms with Crippen molar-refractivity contribution in [3.8, 4) is 0 Å². The summed E-state index contributed by atoms with van der Waals surface area (Å²) in [4.78, 5) is 8.99. The zero-order valence-electron chi connectivity index (χ0n) is 2.39. The van der Waals surface area contributed by atoms with Crippen molar-refractivity contribution >= 4 is 52.7 Å². The summed E-state index contributed by atoms with van der Waals surface area (Å²) >= 11 is 0.522. The Morgan fingerprint density at radius 2 is 2.00 bits per heavy atom. The second-order valence-electron chi connectivity index (χ2n) is 0.332. The van der Waals surface area contributed by atoms with Gasteiger partial charge in [-0.3, -0.25) is 4.79 Å². The van der Waals surface area contributed by atoms with Crippen LogP contribution in [-0.4, -0.2) is 52.7 Å². The summed E-state index contributed by atoms with van der Waals surface area (Å²) in [6.07, 6.45) is 0. The van der Waals surface area contributed by atoms with E-state index >= 15 is 0 Å². The van der Waals surface area contributed by atoms with Gasteiger partial charge in [0.1, 0.15) is 0 Å². The van der Waals surface area contributed by atoms with Crippen LogP contribution in [0.1, 0.15) is 0 Å². The predicted octanol–water partition coefficient (Wildman–Crippen LogP) is -1.94. The average Bonchev–Trinajstić information content (AvgIpc) is 1.37. The van der Waals surface area contributed by atoms with Crippen LogP contribution in [0.25, 0.3) is 0 Å². The molecule has 4 heteroatoms. The molecule has 0 saturated heterocycles. The molecule has 0 aliphatic rings. The van der Waals surface area contributed by atoms with Gasteiger partial charge in [-0.2, -0.15) is 0 Å². The molecule has 0 radical (unpaired) electrons. The van der Waals surface area contributed by atoms with Crippen LogP contribution in [0.15, 0.2) is 0 Å². The zero-order valence-corrected chi connectivity index (χ0v) is 4.39. The fourth-order valence-corrected chi connectivity index (χ4v) is 0. The Labute approximate surface area is 60.9 Å². The first-order chi connectivity index (χ1) is 1.91. The molecule has 0 spiro atoms. The summed E-state index contributed by atoms with van der Waals surface area (Å²) in [5.41, 5.74) is 0. The standard InChI is InChI=1S/CH2O2.Al.Na.3H/c2-1-3;;;;;/h1H,(H,2,3);;;;;/q;+1;;;;/p-1. The van der Waals surface area contributed by atoms with Crippen molar-refractivity contribution in [1.82, 2.24) is 0 Å². The van der Waals surface area contributed by atoms with Gasteiger partial charge in [-0.05, 0) is 0 Å². The van der Waals surface area contributed by atoms with Crippen molar-refractivity contribution in [2.24, 2.45) is 0 Å². The summed E-state index contributed by atoms with van der Waals surface area (Å²) in [6.45, 7) is 0.437. The first-order valence-corrected chi connectivity index (χ1v) is 1.70. The van der Waals surface area contributed by atoms with E-state index < -0.39 is 0 Å². The third kappa shape index (κ3) is 11.2. The van der Waals surface area contributed by atoms with Crippen molar-refractivity contribution in [2.45, 2.75) is 0 Å². The average molecular weight is 98.0 g/mol. The molecule has 24 valence electrons. The van der Waals surface area contributed by atoms with E-state index in [1.807, 2.05) is 0 Å². The summed E-state index contributed by atoms with van der Waals surface area (Å²) < 4.78 is 4.00. The molecule has 0 unspecified atom stereocenters. The van der Waals surface area contributed by atoms with Crippen molar-refractivity contribution in [1.29, 1.82) is 0 Å². The van der Waals surface area contributed by atoms with E-state index in [0.29, 0.717) is 23.1 Å². The first kappa shape index (κ1) is 9.38. The van der Waals surface area contributed by atoms with E-state index in [4.69, 9.17) is 4.79 Å². The van der Waals surface area contributed by atoms with Gasteiger partial charge in [-0.25, -0.2) is 0 Å². The second-order valence-corrected chi connectivity index (χ2v) is 0.803. The summed E-state index contributed by atoms with van der Waals surface area (Å²) in [5.74, 6) is 0. The van der Waals surface area contributed by atoms with E-state index in [9.17, 15) is 0 Å². The SMILES string of the molecule is O=C[O][AlH2].[NaH]. The predicted molar refractivity (Wildman–Crippen MR) is 22.8 cm³/mol. The van der Waals surface area contributed by atoms with Gasteiger partial charge in [0.05, 0.1) is 0 Å². The molecular weight excluding hydrogens is 94.0 g/mol. The zero-order chi connectivity index (χ0) is 3.41. The Balaban J connectivity index is 0. The quantitative estimate of drug-likeness (QED) is 0.281. The third-order valence-electron chi connectivity index (χ3n) is 0.0962. The van der Waals surface area contributed by atoms with Crippen molar-refractivity contribution < 1.29 is 8.58 Å². The molecule has 0 aromatic carbocycles. The van der Waals surface area contributed by atoms with Gasteiger partial charge in [-0.1, -0.05) is 0 Å². The Bertz CT molecular complexity index is 23.6. The molecule has 0 aliphatic carbocycles. The molecule has 0 atom stereocenters. The molecule has 0 amide bonds. The Morgan fingerprint density at radius 1 is 1.80 bits per heavy atom. The normalized spacial score (nSPS) is 4.00. The maximum atomic E-state index is 8.99. The van der Waals surface area contributed by atoms with Crippen LogP contribution in [0.5, 0.6) is 0 Å². The summed E-state index contributed by atoms with van der Waals surface area (Å²) in [6, 6.07) is 0. The van der Waals surface area contributed by atoms with E-state index in [1.165, 1.54) is 0 Å². The van der Waals surface area contributed by atoms with E-state index in [-0.39, 0.29) is 29.6 Å². The van der Waals surface area contributed by atoms with Gasteiger partial charge < -0.3 is 3.79 Å². The molecule has 0 N–H and O–H groups in total. The molecule has 0 aromatic heterocycles. The van der Waals surface area contributed by atoms with Gasteiger partial charge in [0.2, 0.25) is 0 Å². The van der Waals surface area contributed by atoms with Crippen molar-refractivity contribution in [3.63, 3.8) is 0 Å². The molecule has 0 saturated carbocycles. The topological polar surface area (TPSA) is 26.3 Å². The monoisotopic (exact) mass is 98.0 g/mol. The van der Waals surface area contributed by atoms with Crippen LogP contribution in [-0.2, 0) is 8.58 Å². The molecular formula is CH4AlNaO2. The third-order valence-corrected chi connectivity index (χ3v) is 0.289. The van der Waals surface area contributed by atoms with Crippen LogP contribution in [0.3, 0.4) is 0 Å². The fourth-order valence-electron chi connectivity index (χ4n) is 0. The number of hydrogen-bond acceptors (Lipinski definition) is 2. The fraction of sp³-hybridized carbons (Fsp3) is 0. The molecule has 0 fully saturated rings. The second kappa shape index (κ2) is 8.89.